The number of hydrogen-bond acceptors (Lipinski definition) is 3. The van der Waals surface area contributed by atoms with Gasteiger partial charge in [-0.25, -0.2) is 4.39 Å². The molecule has 0 aliphatic rings. The van der Waals surface area contributed by atoms with E-state index in [1.54, 1.807) is 0 Å². The molecule has 0 aliphatic heterocycles. The van der Waals surface area contributed by atoms with Gasteiger partial charge in [0.15, 0.2) is 0 Å². The summed E-state index contributed by atoms with van der Waals surface area (Å²) in [5, 5.41) is 11.2. The summed E-state index contributed by atoms with van der Waals surface area (Å²) in [6.45, 7) is 1.39. The van der Waals surface area contributed by atoms with Gasteiger partial charge < -0.3 is 16.2 Å². The Kier molecular flexibility index (Phi) is 3.44. The zero-order valence-electron chi connectivity index (χ0n) is 8.53. The zero-order chi connectivity index (χ0) is 12.3. The van der Waals surface area contributed by atoms with Crippen molar-refractivity contribution in [2.75, 3.05) is 0 Å². The number of benzene rings is 1. The van der Waals surface area contributed by atoms with Gasteiger partial charge in [0, 0.05) is 6.07 Å². The molecule has 1 aromatic carbocycles. The molecule has 2 amide bonds. The average molecular weight is 226 g/mol. The highest BCUT2D eigenvalue weighted by molar-refractivity contribution is 5.97. The second-order valence-corrected chi connectivity index (χ2v) is 3.26. The number of aromatic hydroxyl groups is 1. The van der Waals surface area contributed by atoms with Crippen molar-refractivity contribution in [1.82, 2.24) is 5.32 Å². The molecule has 16 heavy (non-hydrogen) atoms. The van der Waals surface area contributed by atoms with Crippen LogP contribution in [0.15, 0.2) is 18.2 Å². The number of nitrogens with two attached hydrogens (primary N) is 1. The molecule has 0 saturated heterocycles. The minimum Gasteiger partial charge on any atom is -0.508 e. The zero-order valence-corrected chi connectivity index (χ0v) is 8.53. The third-order valence-electron chi connectivity index (χ3n) is 1.97. The third-order valence-corrected chi connectivity index (χ3v) is 1.97. The molecule has 5 nitrogen and oxygen atoms in total. The van der Waals surface area contributed by atoms with E-state index in [4.69, 9.17) is 10.8 Å². The van der Waals surface area contributed by atoms with Crippen molar-refractivity contribution < 1.29 is 19.1 Å². The van der Waals surface area contributed by atoms with E-state index in [0.717, 1.165) is 12.1 Å². The summed E-state index contributed by atoms with van der Waals surface area (Å²) in [4.78, 5) is 22.1. The number of carbonyl (C=O) groups is 2. The average Bonchev–Trinajstić information content (AvgIpc) is 2.16. The Labute approximate surface area is 91.1 Å². The molecular weight excluding hydrogens is 215 g/mol. The normalized spacial score (nSPS) is 11.9. The molecule has 1 rings (SSSR count). The molecule has 6 heteroatoms. The SMILES string of the molecule is CC(NC(=O)c1ccc(O)cc1F)C(N)=O. The molecule has 0 heterocycles. The fourth-order valence-electron chi connectivity index (χ4n) is 1.03. The largest absolute Gasteiger partial charge is 0.508 e. The summed E-state index contributed by atoms with van der Waals surface area (Å²) >= 11 is 0. The summed E-state index contributed by atoms with van der Waals surface area (Å²) in [5.41, 5.74) is 4.68. The lowest BCUT2D eigenvalue weighted by molar-refractivity contribution is -0.119. The van der Waals surface area contributed by atoms with Crippen molar-refractivity contribution in [3.8, 4) is 5.75 Å². The van der Waals surface area contributed by atoms with Gasteiger partial charge in [-0.3, -0.25) is 9.59 Å². The number of primary amides is 1. The predicted octanol–water partition coefficient (Wildman–Crippen LogP) is 0.135. The smallest absolute Gasteiger partial charge is 0.254 e. The van der Waals surface area contributed by atoms with Crippen LogP contribution in [0.25, 0.3) is 0 Å². The molecule has 0 aromatic heterocycles. The van der Waals surface area contributed by atoms with Crippen molar-refractivity contribution in [3.63, 3.8) is 0 Å². The molecule has 0 bridgehead atoms. The minimum atomic E-state index is -0.888. The van der Waals surface area contributed by atoms with Crippen LogP contribution in [0, 0.1) is 5.82 Å². The lowest BCUT2D eigenvalue weighted by atomic mass is 10.1. The lowest BCUT2D eigenvalue weighted by Gasteiger charge is -2.10. The van der Waals surface area contributed by atoms with Crippen LogP contribution in [0.3, 0.4) is 0 Å². The Morgan fingerprint density at radius 1 is 1.50 bits per heavy atom. The molecular formula is C10H11FN2O3. The first-order chi connectivity index (χ1) is 7.41. The van der Waals surface area contributed by atoms with Gasteiger partial charge in [-0.1, -0.05) is 0 Å². The molecule has 0 saturated carbocycles. The quantitative estimate of drug-likeness (QED) is 0.684. The van der Waals surface area contributed by atoms with Crippen LogP contribution in [0.5, 0.6) is 5.75 Å². The lowest BCUT2D eigenvalue weighted by Crippen LogP contribution is -2.42. The van der Waals surface area contributed by atoms with Crippen LogP contribution < -0.4 is 11.1 Å². The molecule has 0 radical (unpaired) electrons. The number of nitrogens with one attached hydrogen (secondary N) is 1. The molecule has 86 valence electrons. The van der Waals surface area contributed by atoms with Gasteiger partial charge in [-0.2, -0.15) is 0 Å². The van der Waals surface area contributed by atoms with E-state index in [1.807, 2.05) is 0 Å². The Bertz CT molecular complexity index is 434. The van der Waals surface area contributed by atoms with Crippen LogP contribution in [-0.4, -0.2) is 23.0 Å². The number of phenolic OH excluding ortho intramolecular Hbond substituents is 1. The van der Waals surface area contributed by atoms with Crippen molar-refractivity contribution in [1.29, 1.82) is 0 Å². The maximum absolute atomic E-state index is 13.2. The fourth-order valence-corrected chi connectivity index (χ4v) is 1.03. The summed E-state index contributed by atoms with van der Waals surface area (Å²) < 4.78 is 13.2. The first-order valence-electron chi connectivity index (χ1n) is 4.50. The van der Waals surface area contributed by atoms with Gasteiger partial charge in [0.1, 0.15) is 17.6 Å². The molecule has 0 aliphatic carbocycles. The highest BCUT2D eigenvalue weighted by Crippen LogP contribution is 2.14. The number of hydrogen-bond donors (Lipinski definition) is 3. The van der Waals surface area contributed by atoms with Gasteiger partial charge in [0.25, 0.3) is 5.91 Å². The van der Waals surface area contributed by atoms with E-state index < -0.39 is 23.7 Å². The highest BCUT2D eigenvalue weighted by atomic mass is 19.1. The van der Waals surface area contributed by atoms with Gasteiger partial charge in [0.05, 0.1) is 5.56 Å². The first-order valence-corrected chi connectivity index (χ1v) is 4.50. The summed E-state index contributed by atoms with van der Waals surface area (Å²) in [5.74, 6) is -2.62. The molecule has 1 unspecified atom stereocenters. The molecule has 1 atom stereocenters. The van der Waals surface area contributed by atoms with Crippen LogP contribution in [0.2, 0.25) is 0 Å². The number of phenols is 1. The first kappa shape index (κ1) is 12.0. The van der Waals surface area contributed by atoms with Gasteiger partial charge in [-0.15, -0.1) is 0 Å². The van der Waals surface area contributed by atoms with Crippen molar-refractivity contribution in [2.45, 2.75) is 13.0 Å². The van der Waals surface area contributed by atoms with Crippen LogP contribution in [0.4, 0.5) is 4.39 Å². The maximum atomic E-state index is 13.2. The Morgan fingerprint density at radius 2 is 2.12 bits per heavy atom. The van der Waals surface area contributed by atoms with Crippen molar-refractivity contribution in [2.24, 2.45) is 5.73 Å². The van der Waals surface area contributed by atoms with E-state index in [2.05, 4.69) is 5.32 Å². The van der Waals surface area contributed by atoms with Crippen LogP contribution >= 0.6 is 0 Å². The second-order valence-electron chi connectivity index (χ2n) is 3.26. The minimum absolute atomic E-state index is 0.258. The molecule has 0 fully saturated rings. The monoisotopic (exact) mass is 226 g/mol. The Morgan fingerprint density at radius 3 is 2.62 bits per heavy atom. The summed E-state index contributed by atoms with van der Waals surface area (Å²) in [6, 6.07) is 2.21. The highest BCUT2D eigenvalue weighted by Gasteiger charge is 2.16. The van der Waals surface area contributed by atoms with E-state index in [0.29, 0.717) is 0 Å². The van der Waals surface area contributed by atoms with Gasteiger partial charge in [0.2, 0.25) is 5.91 Å². The topological polar surface area (TPSA) is 92.4 Å². The summed E-state index contributed by atoms with van der Waals surface area (Å²) in [7, 11) is 0. The van der Waals surface area contributed by atoms with Gasteiger partial charge >= 0.3 is 0 Å². The third kappa shape index (κ3) is 2.69. The second kappa shape index (κ2) is 4.61. The van der Waals surface area contributed by atoms with E-state index in [-0.39, 0.29) is 11.3 Å². The molecule has 0 spiro atoms. The summed E-state index contributed by atoms with van der Waals surface area (Å²) in [6.07, 6.45) is 0. The fraction of sp³-hybridized carbons (Fsp3) is 0.200. The van der Waals surface area contributed by atoms with Crippen LogP contribution in [-0.2, 0) is 4.79 Å². The van der Waals surface area contributed by atoms with Crippen molar-refractivity contribution >= 4 is 11.8 Å². The number of rotatable bonds is 3. The predicted molar refractivity (Wildman–Crippen MR) is 54.2 cm³/mol. The Hall–Kier alpha value is -2.11. The number of amides is 2. The number of halogens is 1. The van der Waals surface area contributed by atoms with E-state index in [1.165, 1.54) is 13.0 Å². The van der Waals surface area contributed by atoms with Crippen LogP contribution in [0.1, 0.15) is 17.3 Å². The Balaban J connectivity index is 2.85. The number of carbonyl (C=O) groups excluding carboxylic acids is 2. The van der Waals surface area contributed by atoms with Crippen molar-refractivity contribution in [3.05, 3.63) is 29.6 Å². The molecule has 1 aromatic rings. The standard InChI is InChI=1S/C10H11FN2O3/c1-5(9(12)15)13-10(16)7-3-2-6(14)4-8(7)11/h2-5,14H,1H3,(H2,12,15)(H,13,16). The molecule has 4 N–H and O–H groups in total. The van der Waals surface area contributed by atoms with E-state index in [9.17, 15) is 14.0 Å². The van der Waals surface area contributed by atoms with E-state index >= 15 is 0 Å². The maximum Gasteiger partial charge on any atom is 0.254 e. The van der Waals surface area contributed by atoms with Gasteiger partial charge in [-0.05, 0) is 19.1 Å².